The highest BCUT2D eigenvalue weighted by atomic mass is 16.6. The van der Waals surface area contributed by atoms with Gasteiger partial charge in [-0.15, -0.1) is 0 Å². The molecule has 1 atom stereocenters. The molecule has 1 unspecified atom stereocenters. The van der Waals surface area contributed by atoms with Gasteiger partial charge in [-0.1, -0.05) is 288 Å². The molecule has 0 saturated carbocycles. The molecule has 0 aliphatic heterocycles. The number of ether oxygens (including phenoxy) is 2. The van der Waals surface area contributed by atoms with E-state index in [-0.39, 0.29) is 25.2 Å². The maximum Gasteiger partial charge on any atom is 0.306 e. The quantitative estimate of drug-likeness (QED) is 0.0373. The Bertz CT molecular complexity index is 1610. The highest BCUT2D eigenvalue weighted by Gasteiger charge is 2.16. The van der Waals surface area contributed by atoms with Gasteiger partial charge in [0.1, 0.15) is 6.61 Å². The second-order valence-corrected chi connectivity index (χ2v) is 20.4. The van der Waals surface area contributed by atoms with Crippen molar-refractivity contribution < 1.29 is 24.2 Å². The Balaban J connectivity index is 3.54. The van der Waals surface area contributed by atoms with Crippen LogP contribution in [0.2, 0.25) is 0 Å². The third kappa shape index (κ3) is 62.3. The summed E-state index contributed by atoms with van der Waals surface area (Å²) in [6.07, 6.45) is 98.3. The van der Waals surface area contributed by atoms with Crippen molar-refractivity contribution in [3.05, 3.63) is 146 Å². The first kappa shape index (κ1) is 71.8. The zero-order chi connectivity index (χ0) is 54.8. The molecule has 0 aromatic heterocycles. The van der Waals surface area contributed by atoms with Crippen molar-refractivity contribution in [2.24, 2.45) is 0 Å². The first-order chi connectivity index (χ1) is 37.6. The van der Waals surface area contributed by atoms with Crippen LogP contribution in [0.25, 0.3) is 0 Å². The second kappa shape index (κ2) is 65.1. The Morgan fingerprint density at radius 2 is 0.526 bits per heavy atom. The molecular formula is C71H116O5. The molecule has 5 nitrogen and oxygen atoms in total. The first-order valence-electron chi connectivity index (χ1n) is 31.4. The van der Waals surface area contributed by atoms with Crippen molar-refractivity contribution in [2.45, 2.75) is 277 Å². The second-order valence-electron chi connectivity index (χ2n) is 20.4. The van der Waals surface area contributed by atoms with Crippen molar-refractivity contribution in [3.63, 3.8) is 0 Å². The van der Waals surface area contributed by atoms with Crippen molar-refractivity contribution in [1.29, 1.82) is 0 Å². The Labute approximate surface area is 469 Å². The molecule has 0 aromatic rings. The van der Waals surface area contributed by atoms with Gasteiger partial charge in [-0.3, -0.25) is 9.59 Å². The summed E-state index contributed by atoms with van der Waals surface area (Å²) in [4.78, 5) is 24.6. The van der Waals surface area contributed by atoms with E-state index in [1.54, 1.807) is 0 Å². The molecule has 430 valence electrons. The maximum absolute atomic E-state index is 12.3. The van der Waals surface area contributed by atoms with Crippen LogP contribution in [0.3, 0.4) is 0 Å². The van der Waals surface area contributed by atoms with Crippen molar-refractivity contribution in [3.8, 4) is 0 Å². The molecule has 76 heavy (non-hydrogen) atoms. The van der Waals surface area contributed by atoms with Crippen LogP contribution in [0.4, 0.5) is 0 Å². The van der Waals surface area contributed by atoms with Gasteiger partial charge in [-0.05, 0) is 116 Å². The number of hydrogen-bond donors (Lipinski definition) is 1. The van der Waals surface area contributed by atoms with Gasteiger partial charge in [0.2, 0.25) is 0 Å². The summed E-state index contributed by atoms with van der Waals surface area (Å²) in [6.45, 7) is 3.92. The van der Waals surface area contributed by atoms with Gasteiger partial charge in [-0.2, -0.15) is 0 Å². The lowest BCUT2D eigenvalue weighted by atomic mass is 10.0. The van der Waals surface area contributed by atoms with E-state index in [0.717, 1.165) is 116 Å². The number of aliphatic hydroxyl groups excluding tert-OH is 1. The average molecular weight is 1050 g/mol. The molecule has 0 spiro atoms. The summed E-state index contributed by atoms with van der Waals surface area (Å²) >= 11 is 0. The van der Waals surface area contributed by atoms with E-state index in [4.69, 9.17) is 9.47 Å². The summed E-state index contributed by atoms with van der Waals surface area (Å²) in [5.41, 5.74) is 0. The fraction of sp³-hybridized carbons (Fsp3) is 0.634. The molecule has 5 heteroatoms. The predicted molar refractivity (Wildman–Crippen MR) is 334 cm³/mol. The molecule has 0 heterocycles. The van der Waals surface area contributed by atoms with E-state index in [9.17, 15) is 14.7 Å². The zero-order valence-corrected chi connectivity index (χ0v) is 49.2. The number of carbonyl (C=O) groups is 2. The van der Waals surface area contributed by atoms with Gasteiger partial charge in [-0.25, -0.2) is 0 Å². The molecule has 0 saturated heterocycles. The molecule has 1 N–H and O–H groups in total. The van der Waals surface area contributed by atoms with E-state index >= 15 is 0 Å². The standard InChI is InChI=1S/C71H116O5/c1-3-5-7-9-11-13-15-17-19-21-23-25-27-29-31-33-34-35-36-38-40-42-44-46-48-50-52-54-56-58-60-62-64-66-71(74)76-69(67-72)68-75-70(73)65-63-61-59-57-55-53-51-49-47-45-43-41-39-37-32-30-28-26-24-22-20-18-16-14-12-10-8-6-4-2/h5-8,11-14,17-20,23-26,29-32,34-35,38,40,69,72H,3-4,9-10,15-16,21-22,27-28,33,36-37,39,41-68H2,1-2H3/b7-5-,8-6-,13-11-,14-12-,19-17-,20-18-,25-23-,26-24-,31-29-,32-30-,35-34-,40-38-. The third-order valence-corrected chi connectivity index (χ3v) is 13.1. The summed E-state index contributed by atoms with van der Waals surface area (Å²) in [5, 5.41) is 9.69. The Kier molecular flexibility index (Phi) is 61.5. The van der Waals surface area contributed by atoms with E-state index < -0.39 is 6.10 Å². The lowest BCUT2D eigenvalue weighted by molar-refractivity contribution is -0.161. The Morgan fingerprint density at radius 1 is 0.303 bits per heavy atom. The molecule has 0 bridgehead atoms. The lowest BCUT2D eigenvalue weighted by Gasteiger charge is -2.15. The van der Waals surface area contributed by atoms with Crippen LogP contribution in [0.15, 0.2) is 146 Å². The highest BCUT2D eigenvalue weighted by Crippen LogP contribution is 2.16. The van der Waals surface area contributed by atoms with Crippen LogP contribution < -0.4 is 0 Å². The zero-order valence-electron chi connectivity index (χ0n) is 49.2. The maximum atomic E-state index is 12.3. The van der Waals surface area contributed by atoms with Crippen molar-refractivity contribution >= 4 is 11.9 Å². The van der Waals surface area contributed by atoms with Gasteiger partial charge in [0.25, 0.3) is 0 Å². The molecule has 0 rings (SSSR count). The van der Waals surface area contributed by atoms with Crippen LogP contribution in [0.5, 0.6) is 0 Å². The fourth-order valence-corrected chi connectivity index (χ4v) is 8.50. The summed E-state index contributed by atoms with van der Waals surface area (Å²) in [6, 6.07) is 0. The minimum Gasteiger partial charge on any atom is -0.462 e. The Hall–Kier alpha value is -4.22. The fourth-order valence-electron chi connectivity index (χ4n) is 8.50. The molecule has 0 fully saturated rings. The molecule has 0 radical (unpaired) electrons. The first-order valence-corrected chi connectivity index (χ1v) is 31.4. The van der Waals surface area contributed by atoms with Gasteiger partial charge < -0.3 is 14.6 Å². The van der Waals surface area contributed by atoms with Gasteiger partial charge >= 0.3 is 11.9 Å². The van der Waals surface area contributed by atoms with Crippen LogP contribution in [0, 0.1) is 0 Å². The number of aliphatic hydroxyl groups is 1. The average Bonchev–Trinajstić information content (AvgIpc) is 3.42. The van der Waals surface area contributed by atoms with Crippen LogP contribution in [0.1, 0.15) is 271 Å². The van der Waals surface area contributed by atoms with Crippen LogP contribution >= 0.6 is 0 Å². The topological polar surface area (TPSA) is 72.8 Å². The normalized spacial score (nSPS) is 13.2. The largest absolute Gasteiger partial charge is 0.462 e. The number of hydrogen-bond acceptors (Lipinski definition) is 5. The number of rotatable bonds is 56. The number of allylic oxidation sites excluding steroid dienone is 24. The number of esters is 2. The van der Waals surface area contributed by atoms with Crippen LogP contribution in [-0.4, -0.2) is 36.4 Å². The Morgan fingerprint density at radius 3 is 0.789 bits per heavy atom. The SMILES string of the molecule is CC/C=C\C/C=C\C/C=C\C/C=C\C/C=C\C/C=C\C/C=C\CCCCCCCCCCCCCC(=O)OC(CO)COC(=O)CCCCCCCCCCCCCCC/C=C\C/C=C\C/C=C\C/C=C\C/C=C\CC. The van der Waals surface area contributed by atoms with Gasteiger partial charge in [0.15, 0.2) is 6.10 Å². The molecule has 0 amide bonds. The smallest absolute Gasteiger partial charge is 0.306 e. The summed E-state index contributed by atoms with van der Waals surface area (Å²) in [7, 11) is 0. The minimum absolute atomic E-state index is 0.0745. The van der Waals surface area contributed by atoms with E-state index in [2.05, 4.69) is 160 Å². The monoisotopic (exact) mass is 1050 g/mol. The molecule has 0 aliphatic carbocycles. The highest BCUT2D eigenvalue weighted by molar-refractivity contribution is 5.70. The summed E-state index contributed by atoms with van der Waals surface area (Å²) in [5.74, 6) is -0.598. The van der Waals surface area contributed by atoms with Crippen molar-refractivity contribution in [1.82, 2.24) is 0 Å². The molecule has 0 aliphatic rings. The summed E-state index contributed by atoms with van der Waals surface area (Å²) < 4.78 is 10.7. The van der Waals surface area contributed by atoms with Crippen LogP contribution in [-0.2, 0) is 19.1 Å². The molecule has 0 aromatic carbocycles. The van der Waals surface area contributed by atoms with Gasteiger partial charge in [0.05, 0.1) is 6.61 Å². The number of carbonyl (C=O) groups excluding carboxylic acids is 2. The van der Waals surface area contributed by atoms with Gasteiger partial charge in [0, 0.05) is 12.8 Å². The van der Waals surface area contributed by atoms with E-state index in [0.29, 0.717) is 12.8 Å². The number of unbranched alkanes of at least 4 members (excludes halogenated alkanes) is 24. The van der Waals surface area contributed by atoms with E-state index in [1.165, 1.54) is 128 Å². The third-order valence-electron chi connectivity index (χ3n) is 13.1. The van der Waals surface area contributed by atoms with E-state index in [1.807, 2.05) is 0 Å². The lowest BCUT2D eigenvalue weighted by Crippen LogP contribution is -2.28. The molecular weight excluding hydrogens is 933 g/mol. The predicted octanol–water partition coefficient (Wildman–Crippen LogP) is 21.8. The minimum atomic E-state index is -0.785. The van der Waals surface area contributed by atoms with Crippen molar-refractivity contribution in [2.75, 3.05) is 13.2 Å².